The predicted octanol–water partition coefficient (Wildman–Crippen LogP) is 4.61. The number of aryl methyl sites for hydroxylation is 1. The summed E-state index contributed by atoms with van der Waals surface area (Å²) >= 11 is 7.21. The van der Waals surface area contributed by atoms with E-state index in [-0.39, 0.29) is 0 Å². The third-order valence-corrected chi connectivity index (χ3v) is 4.66. The lowest BCUT2D eigenvalue weighted by molar-refractivity contribution is 1.05. The van der Waals surface area contributed by atoms with Gasteiger partial charge >= 0.3 is 0 Å². The van der Waals surface area contributed by atoms with E-state index in [9.17, 15) is 0 Å². The second kappa shape index (κ2) is 4.26. The van der Waals surface area contributed by atoms with E-state index in [2.05, 4.69) is 46.5 Å². The van der Waals surface area contributed by atoms with Crippen molar-refractivity contribution in [1.82, 2.24) is 14.5 Å². The minimum Gasteiger partial charge on any atom is -0.329 e. The van der Waals surface area contributed by atoms with Crippen LogP contribution in [-0.2, 0) is 0 Å². The maximum absolute atomic E-state index is 5.47. The third kappa shape index (κ3) is 1.63. The van der Waals surface area contributed by atoms with Gasteiger partial charge in [0.1, 0.15) is 0 Å². The molecule has 0 aliphatic carbocycles. The number of benzene rings is 1. The van der Waals surface area contributed by atoms with E-state index in [1.807, 2.05) is 16.8 Å². The molecule has 4 rings (SSSR count). The van der Waals surface area contributed by atoms with Gasteiger partial charge in [-0.25, -0.2) is 4.98 Å². The zero-order valence-corrected chi connectivity index (χ0v) is 12.4. The zero-order chi connectivity index (χ0) is 13.7. The Kier molecular flexibility index (Phi) is 2.52. The Morgan fingerprint density at radius 1 is 1.25 bits per heavy atom. The second-order valence-corrected chi connectivity index (χ2v) is 6.07. The van der Waals surface area contributed by atoms with Crippen LogP contribution >= 0.6 is 23.6 Å². The van der Waals surface area contributed by atoms with Crippen LogP contribution in [-0.4, -0.2) is 14.5 Å². The molecule has 3 heterocycles. The van der Waals surface area contributed by atoms with Gasteiger partial charge in [0, 0.05) is 10.9 Å². The number of aromatic nitrogens is 3. The first-order valence-electron chi connectivity index (χ1n) is 6.28. The molecule has 0 amide bonds. The molecule has 3 nitrogen and oxygen atoms in total. The van der Waals surface area contributed by atoms with E-state index in [0.29, 0.717) is 4.77 Å². The highest BCUT2D eigenvalue weighted by atomic mass is 32.1. The Labute approximate surface area is 124 Å². The van der Waals surface area contributed by atoms with E-state index in [1.54, 1.807) is 11.3 Å². The van der Waals surface area contributed by atoms with Crippen LogP contribution in [0.1, 0.15) is 5.56 Å². The van der Waals surface area contributed by atoms with Gasteiger partial charge in [-0.2, -0.15) is 0 Å². The molecule has 0 saturated heterocycles. The molecule has 1 aromatic carbocycles. The van der Waals surface area contributed by atoms with Crippen LogP contribution < -0.4 is 0 Å². The van der Waals surface area contributed by atoms with E-state index in [0.717, 1.165) is 22.4 Å². The van der Waals surface area contributed by atoms with Crippen LogP contribution in [0.3, 0.4) is 0 Å². The van der Waals surface area contributed by atoms with Gasteiger partial charge < -0.3 is 4.98 Å². The highest BCUT2D eigenvalue weighted by Crippen LogP contribution is 2.26. The number of aromatic amines is 1. The molecule has 0 bridgehead atoms. The molecule has 0 unspecified atom stereocenters. The predicted molar refractivity (Wildman–Crippen MR) is 86.4 cm³/mol. The number of nitrogens with one attached hydrogen (secondary N) is 1. The molecule has 5 heteroatoms. The van der Waals surface area contributed by atoms with Crippen molar-refractivity contribution in [2.24, 2.45) is 0 Å². The van der Waals surface area contributed by atoms with Crippen molar-refractivity contribution in [3.05, 3.63) is 52.2 Å². The monoisotopic (exact) mass is 297 g/mol. The lowest BCUT2D eigenvalue weighted by Crippen LogP contribution is -1.95. The van der Waals surface area contributed by atoms with Crippen molar-refractivity contribution < 1.29 is 0 Å². The van der Waals surface area contributed by atoms with Crippen LogP contribution in [0, 0.1) is 11.7 Å². The fraction of sp³-hybridized carbons (Fsp3) is 0.0667. The molecule has 20 heavy (non-hydrogen) atoms. The molecular weight excluding hydrogens is 286 g/mol. The van der Waals surface area contributed by atoms with Gasteiger partial charge in [0.05, 0.1) is 11.2 Å². The molecular formula is C15H11N3S2. The third-order valence-electron chi connectivity index (χ3n) is 3.48. The fourth-order valence-electron chi connectivity index (χ4n) is 2.46. The van der Waals surface area contributed by atoms with Gasteiger partial charge in [-0.05, 0) is 65.8 Å². The highest BCUT2D eigenvalue weighted by molar-refractivity contribution is 7.71. The second-order valence-electron chi connectivity index (χ2n) is 4.73. The average Bonchev–Trinajstić information content (AvgIpc) is 3.02. The summed E-state index contributed by atoms with van der Waals surface area (Å²) < 4.78 is 3.95. The molecule has 3 aromatic heterocycles. The largest absolute Gasteiger partial charge is 0.329 e. The Balaban J connectivity index is 2.08. The fourth-order valence-corrected chi connectivity index (χ4v) is 3.52. The molecule has 4 aromatic rings. The van der Waals surface area contributed by atoms with Gasteiger partial charge in [-0.15, -0.1) is 11.3 Å². The summed E-state index contributed by atoms with van der Waals surface area (Å²) in [4.78, 5) is 7.73. The SMILES string of the molecule is Cc1ccnc2c1[nH]c(=S)n2-c1ccc2sccc2c1. The maximum Gasteiger partial charge on any atom is 0.184 e. The van der Waals surface area contributed by atoms with Gasteiger partial charge in [0.2, 0.25) is 0 Å². The Morgan fingerprint density at radius 2 is 2.15 bits per heavy atom. The summed E-state index contributed by atoms with van der Waals surface area (Å²) in [5.41, 5.74) is 4.08. The summed E-state index contributed by atoms with van der Waals surface area (Å²) in [6, 6.07) is 10.5. The standard InChI is InChI=1S/C15H11N3S2/c1-9-4-6-16-14-13(9)17-15(19)18(14)11-2-3-12-10(8-11)5-7-20-12/h2-8H,1H3,(H,17,19). The quantitative estimate of drug-likeness (QED) is 0.521. The van der Waals surface area contributed by atoms with Crippen molar-refractivity contribution in [3.8, 4) is 5.69 Å². The van der Waals surface area contributed by atoms with E-state index >= 15 is 0 Å². The molecule has 0 atom stereocenters. The maximum atomic E-state index is 5.47. The molecule has 0 fully saturated rings. The summed E-state index contributed by atoms with van der Waals surface area (Å²) in [6.45, 7) is 2.06. The summed E-state index contributed by atoms with van der Waals surface area (Å²) in [5, 5.41) is 3.34. The van der Waals surface area contributed by atoms with Crippen molar-refractivity contribution in [1.29, 1.82) is 0 Å². The van der Waals surface area contributed by atoms with Crippen LogP contribution in [0.4, 0.5) is 0 Å². The lowest BCUT2D eigenvalue weighted by Gasteiger charge is -2.04. The van der Waals surface area contributed by atoms with Crippen LogP contribution in [0.2, 0.25) is 0 Å². The number of hydrogen-bond acceptors (Lipinski definition) is 3. The molecule has 0 aliphatic heterocycles. The van der Waals surface area contributed by atoms with Gasteiger partial charge in [0.15, 0.2) is 10.4 Å². The van der Waals surface area contributed by atoms with Crippen LogP contribution in [0.15, 0.2) is 41.9 Å². The number of nitrogens with zero attached hydrogens (tertiary/aromatic N) is 2. The van der Waals surface area contributed by atoms with Crippen LogP contribution in [0.25, 0.3) is 26.9 Å². The smallest absolute Gasteiger partial charge is 0.184 e. The number of imidazole rings is 1. The zero-order valence-electron chi connectivity index (χ0n) is 10.8. The Morgan fingerprint density at radius 3 is 3.05 bits per heavy atom. The minimum absolute atomic E-state index is 0.677. The first kappa shape index (κ1) is 11.8. The number of fused-ring (bicyclic) bond motifs is 2. The number of H-pyrrole nitrogens is 1. The normalized spacial score (nSPS) is 11.4. The number of thiophene rings is 1. The minimum atomic E-state index is 0.677. The molecule has 0 aliphatic rings. The highest BCUT2D eigenvalue weighted by Gasteiger charge is 2.10. The molecule has 0 spiro atoms. The molecule has 0 saturated carbocycles. The lowest BCUT2D eigenvalue weighted by atomic mass is 10.2. The van der Waals surface area contributed by atoms with E-state index < -0.39 is 0 Å². The van der Waals surface area contributed by atoms with Gasteiger partial charge in [0.25, 0.3) is 0 Å². The van der Waals surface area contributed by atoms with Crippen LogP contribution in [0.5, 0.6) is 0 Å². The molecule has 98 valence electrons. The van der Waals surface area contributed by atoms with E-state index in [4.69, 9.17) is 12.2 Å². The van der Waals surface area contributed by atoms with E-state index in [1.165, 1.54) is 10.1 Å². The number of hydrogen-bond donors (Lipinski definition) is 1. The molecule has 1 N–H and O–H groups in total. The average molecular weight is 297 g/mol. The first-order valence-corrected chi connectivity index (χ1v) is 7.57. The first-order chi connectivity index (χ1) is 9.74. The van der Waals surface area contributed by atoms with Crippen molar-refractivity contribution in [3.63, 3.8) is 0 Å². The van der Waals surface area contributed by atoms with Gasteiger partial charge in [-0.3, -0.25) is 4.57 Å². The summed E-state index contributed by atoms with van der Waals surface area (Å²) in [5.74, 6) is 0. The molecule has 0 radical (unpaired) electrons. The Hall–Kier alpha value is -1.98. The number of rotatable bonds is 1. The van der Waals surface area contributed by atoms with Gasteiger partial charge in [-0.1, -0.05) is 0 Å². The Bertz CT molecular complexity index is 991. The topological polar surface area (TPSA) is 33.6 Å². The summed E-state index contributed by atoms with van der Waals surface area (Å²) in [6.07, 6.45) is 1.82. The van der Waals surface area contributed by atoms with Crippen molar-refractivity contribution in [2.75, 3.05) is 0 Å². The summed E-state index contributed by atoms with van der Waals surface area (Å²) in [7, 11) is 0. The van der Waals surface area contributed by atoms with Crippen molar-refractivity contribution >= 4 is 44.8 Å². The number of pyridine rings is 1. The van der Waals surface area contributed by atoms with Crippen molar-refractivity contribution in [2.45, 2.75) is 6.92 Å².